The molecule has 0 unspecified atom stereocenters. The number of aryl methyl sites for hydroxylation is 1. The van der Waals surface area contributed by atoms with Gasteiger partial charge >= 0.3 is 0 Å². The molecule has 0 aromatic heterocycles. The van der Waals surface area contributed by atoms with Gasteiger partial charge in [0.15, 0.2) is 0 Å². The zero-order chi connectivity index (χ0) is 21.8. The van der Waals surface area contributed by atoms with Gasteiger partial charge in [0.05, 0.1) is 6.61 Å². The highest BCUT2D eigenvalue weighted by molar-refractivity contribution is 6.05. The van der Waals surface area contributed by atoms with E-state index in [1.807, 2.05) is 56.1 Å². The molecule has 1 aliphatic heterocycles. The molecule has 0 saturated carbocycles. The van der Waals surface area contributed by atoms with Gasteiger partial charge < -0.3 is 20.6 Å². The van der Waals surface area contributed by atoms with E-state index in [1.54, 1.807) is 24.3 Å². The molecule has 1 saturated heterocycles. The number of benzene rings is 2. The lowest BCUT2D eigenvalue weighted by molar-refractivity contribution is 0.0937. The summed E-state index contributed by atoms with van der Waals surface area (Å²) in [5, 5.41) is 15.3. The van der Waals surface area contributed by atoms with Gasteiger partial charge in [0.25, 0.3) is 11.8 Å². The van der Waals surface area contributed by atoms with Crippen LogP contribution >= 0.6 is 0 Å². The van der Waals surface area contributed by atoms with Crippen LogP contribution < -0.4 is 15.5 Å². The molecule has 0 aliphatic carbocycles. The minimum Gasteiger partial charge on any atom is -0.395 e. The van der Waals surface area contributed by atoms with E-state index in [1.165, 1.54) is 0 Å². The van der Waals surface area contributed by atoms with Gasteiger partial charge in [-0.1, -0.05) is 6.07 Å². The number of hydrogen-bond acceptors (Lipinski definition) is 5. The average Bonchev–Trinajstić information content (AvgIpc) is 3.08. The predicted octanol–water partition coefficient (Wildman–Crippen LogP) is 2.11. The molecular formula is C23H30N4O3. The Morgan fingerprint density at radius 1 is 1.10 bits per heavy atom. The zero-order valence-corrected chi connectivity index (χ0v) is 18.0. The fraction of sp³-hybridized carbons (Fsp3) is 0.391. The molecule has 0 radical (unpaired) electrons. The molecule has 0 spiro atoms. The van der Waals surface area contributed by atoms with E-state index < -0.39 is 0 Å². The Morgan fingerprint density at radius 2 is 1.77 bits per heavy atom. The molecule has 1 heterocycles. The molecule has 2 aromatic rings. The number of nitrogens with zero attached hydrogens (tertiary/aromatic N) is 2. The first-order chi connectivity index (χ1) is 14.3. The third-order valence-electron chi connectivity index (χ3n) is 5.63. The highest BCUT2D eigenvalue weighted by Gasteiger charge is 2.30. The second kappa shape index (κ2) is 9.28. The minimum atomic E-state index is -0.218. The third kappa shape index (κ3) is 4.98. The monoisotopic (exact) mass is 410 g/mol. The van der Waals surface area contributed by atoms with Crippen molar-refractivity contribution in [2.24, 2.45) is 0 Å². The van der Waals surface area contributed by atoms with Crippen LogP contribution in [0.25, 0.3) is 0 Å². The van der Waals surface area contributed by atoms with E-state index in [9.17, 15) is 14.7 Å². The summed E-state index contributed by atoms with van der Waals surface area (Å²) in [6, 6.07) is 12.7. The molecule has 0 bridgehead atoms. The van der Waals surface area contributed by atoms with Crippen LogP contribution in [-0.2, 0) is 0 Å². The summed E-state index contributed by atoms with van der Waals surface area (Å²) in [5.41, 5.74) is 3.56. The Hall–Kier alpha value is -2.90. The second-order valence-electron chi connectivity index (χ2n) is 8.11. The summed E-state index contributed by atoms with van der Waals surface area (Å²) in [7, 11) is 5.84. The van der Waals surface area contributed by atoms with Gasteiger partial charge in [-0.3, -0.25) is 14.5 Å². The van der Waals surface area contributed by atoms with Crippen molar-refractivity contribution in [3.05, 3.63) is 59.2 Å². The number of rotatable bonds is 6. The molecule has 7 heteroatoms. The topological polar surface area (TPSA) is 84.9 Å². The fourth-order valence-electron chi connectivity index (χ4n) is 3.67. The van der Waals surface area contributed by atoms with E-state index in [0.717, 1.165) is 17.7 Å². The van der Waals surface area contributed by atoms with E-state index in [2.05, 4.69) is 10.6 Å². The third-order valence-corrected chi connectivity index (χ3v) is 5.63. The first-order valence-corrected chi connectivity index (χ1v) is 10.1. The van der Waals surface area contributed by atoms with Crippen molar-refractivity contribution in [2.45, 2.75) is 25.4 Å². The van der Waals surface area contributed by atoms with E-state index in [-0.39, 0.29) is 30.5 Å². The van der Waals surface area contributed by atoms with Gasteiger partial charge in [-0.15, -0.1) is 0 Å². The van der Waals surface area contributed by atoms with Crippen LogP contribution in [0, 0.1) is 6.92 Å². The van der Waals surface area contributed by atoms with Gasteiger partial charge in [-0.05, 0) is 62.4 Å². The van der Waals surface area contributed by atoms with Crippen molar-refractivity contribution >= 4 is 23.2 Å². The van der Waals surface area contributed by atoms with Crippen LogP contribution in [0.15, 0.2) is 42.5 Å². The molecule has 160 valence electrons. The highest BCUT2D eigenvalue weighted by Crippen LogP contribution is 2.20. The summed E-state index contributed by atoms with van der Waals surface area (Å²) in [6.45, 7) is 2.68. The lowest BCUT2D eigenvalue weighted by Gasteiger charge is -2.15. The van der Waals surface area contributed by atoms with Crippen LogP contribution in [0.4, 0.5) is 11.4 Å². The molecular weight excluding hydrogens is 380 g/mol. The SMILES string of the molecule is Cc1ccc(C(=O)N[C@@H]2C[C@@H](CO)N(C)C2)cc1NC(=O)c1ccc(N(C)C)cc1. The lowest BCUT2D eigenvalue weighted by Crippen LogP contribution is -2.36. The molecule has 30 heavy (non-hydrogen) atoms. The number of carbonyl (C=O) groups is 2. The highest BCUT2D eigenvalue weighted by atomic mass is 16.3. The van der Waals surface area contributed by atoms with Gasteiger partial charge in [0.1, 0.15) is 0 Å². The van der Waals surface area contributed by atoms with Gasteiger partial charge in [-0.2, -0.15) is 0 Å². The van der Waals surface area contributed by atoms with Crippen molar-refractivity contribution in [2.75, 3.05) is 44.5 Å². The Bertz CT molecular complexity index is 911. The maximum absolute atomic E-state index is 12.7. The Kier molecular flexibility index (Phi) is 6.74. The minimum absolute atomic E-state index is 0.00537. The number of nitrogens with one attached hydrogen (secondary N) is 2. The van der Waals surface area contributed by atoms with Crippen molar-refractivity contribution in [1.82, 2.24) is 10.2 Å². The van der Waals surface area contributed by atoms with Crippen LogP contribution in [0.5, 0.6) is 0 Å². The van der Waals surface area contributed by atoms with Crippen LogP contribution in [0.2, 0.25) is 0 Å². The number of amides is 2. The summed E-state index contributed by atoms with van der Waals surface area (Å²) in [6.07, 6.45) is 0.719. The molecule has 1 aliphatic rings. The average molecular weight is 411 g/mol. The maximum atomic E-state index is 12.7. The number of anilines is 2. The number of aliphatic hydroxyl groups is 1. The van der Waals surface area contributed by atoms with Gasteiger partial charge in [0.2, 0.25) is 0 Å². The van der Waals surface area contributed by atoms with Crippen molar-refractivity contribution in [3.8, 4) is 0 Å². The second-order valence-corrected chi connectivity index (χ2v) is 8.11. The largest absolute Gasteiger partial charge is 0.395 e. The molecule has 3 N–H and O–H groups in total. The van der Waals surface area contributed by atoms with Crippen molar-refractivity contribution < 1.29 is 14.7 Å². The predicted molar refractivity (Wildman–Crippen MR) is 119 cm³/mol. The summed E-state index contributed by atoms with van der Waals surface area (Å²) < 4.78 is 0. The van der Waals surface area contributed by atoms with Crippen LogP contribution in [0.3, 0.4) is 0 Å². The normalized spacial score (nSPS) is 18.8. The zero-order valence-electron chi connectivity index (χ0n) is 18.0. The summed E-state index contributed by atoms with van der Waals surface area (Å²) >= 11 is 0. The van der Waals surface area contributed by atoms with Crippen molar-refractivity contribution in [1.29, 1.82) is 0 Å². The van der Waals surface area contributed by atoms with Crippen molar-refractivity contribution in [3.63, 3.8) is 0 Å². The molecule has 2 atom stereocenters. The first-order valence-electron chi connectivity index (χ1n) is 10.1. The van der Waals surface area contributed by atoms with E-state index in [0.29, 0.717) is 23.4 Å². The fourth-order valence-corrected chi connectivity index (χ4v) is 3.67. The molecule has 7 nitrogen and oxygen atoms in total. The Morgan fingerprint density at radius 3 is 2.37 bits per heavy atom. The number of carbonyl (C=O) groups excluding carboxylic acids is 2. The van der Waals surface area contributed by atoms with Gasteiger partial charge in [-0.25, -0.2) is 0 Å². The standard InChI is InChI=1S/C23H30N4O3/c1-15-5-6-17(23(30)24-18-12-20(14-28)27(4)13-18)11-21(15)25-22(29)16-7-9-19(10-8-16)26(2)3/h5-11,18,20,28H,12-14H2,1-4H3,(H,24,30)(H,25,29)/t18-,20+/m1/s1. The summed E-state index contributed by atoms with van der Waals surface area (Å²) in [4.78, 5) is 29.4. The van der Waals surface area contributed by atoms with E-state index >= 15 is 0 Å². The number of likely N-dealkylation sites (N-methyl/N-ethyl adjacent to an activating group) is 1. The van der Waals surface area contributed by atoms with Gasteiger partial charge in [0, 0.05) is 55.2 Å². The quantitative estimate of drug-likeness (QED) is 0.679. The molecule has 2 amide bonds. The number of likely N-dealkylation sites (tertiary alicyclic amines) is 1. The van der Waals surface area contributed by atoms with Crippen LogP contribution in [0.1, 0.15) is 32.7 Å². The Balaban J connectivity index is 1.68. The smallest absolute Gasteiger partial charge is 0.255 e. The molecule has 2 aromatic carbocycles. The van der Waals surface area contributed by atoms with E-state index in [4.69, 9.17) is 0 Å². The first kappa shape index (κ1) is 21.8. The number of hydrogen-bond donors (Lipinski definition) is 3. The molecule has 3 rings (SSSR count). The maximum Gasteiger partial charge on any atom is 0.255 e. The number of aliphatic hydroxyl groups excluding tert-OH is 1. The lowest BCUT2D eigenvalue weighted by atomic mass is 10.1. The van der Waals surface area contributed by atoms with Crippen LogP contribution in [-0.4, -0.2) is 68.2 Å². The molecule has 1 fully saturated rings. The summed E-state index contributed by atoms with van der Waals surface area (Å²) in [5.74, 6) is -0.401. The Labute approximate surface area is 177 Å².